The van der Waals surface area contributed by atoms with Crippen LogP contribution in [0.1, 0.15) is 19.5 Å². The molecule has 1 amide bonds. The Morgan fingerprint density at radius 1 is 1.56 bits per heavy atom. The van der Waals surface area contributed by atoms with E-state index in [-0.39, 0.29) is 18.1 Å². The summed E-state index contributed by atoms with van der Waals surface area (Å²) in [5.41, 5.74) is 6.93. The maximum atomic E-state index is 12.2. The Morgan fingerprint density at radius 3 is 3.00 bits per heavy atom. The Bertz CT molecular complexity index is 419. The minimum atomic E-state index is 0.0925. The van der Waals surface area contributed by atoms with Crippen LogP contribution in [0.25, 0.3) is 0 Å². The van der Waals surface area contributed by atoms with Crippen LogP contribution in [0, 0.1) is 0 Å². The molecule has 0 saturated carbocycles. The topological polar surface area (TPSA) is 68.5 Å². The van der Waals surface area contributed by atoms with E-state index >= 15 is 0 Å². The van der Waals surface area contributed by atoms with Crippen molar-refractivity contribution in [3.63, 3.8) is 0 Å². The predicted octanol–water partition coefficient (Wildman–Crippen LogP) is 0.842. The monoisotopic (exact) mass is 249 g/mol. The van der Waals surface area contributed by atoms with E-state index in [1.165, 1.54) is 0 Å². The van der Waals surface area contributed by atoms with Crippen LogP contribution in [0.2, 0.25) is 0 Å². The summed E-state index contributed by atoms with van der Waals surface area (Å²) < 4.78 is 5.51. The van der Waals surface area contributed by atoms with E-state index < -0.39 is 0 Å². The molecule has 0 aliphatic carbocycles. The molecule has 98 valence electrons. The first-order valence-electron chi connectivity index (χ1n) is 6.17. The lowest BCUT2D eigenvalue weighted by Crippen LogP contribution is -2.50. The van der Waals surface area contributed by atoms with Gasteiger partial charge in [-0.15, -0.1) is 0 Å². The number of amides is 1. The summed E-state index contributed by atoms with van der Waals surface area (Å²) in [6.07, 6.45) is 2.00. The SMILES string of the molecule is CC1CN(C(=O)Cc2ccc(N)cn2)C(C)CO1. The second-order valence-electron chi connectivity index (χ2n) is 4.80. The lowest BCUT2D eigenvalue weighted by atomic mass is 10.1. The number of carbonyl (C=O) groups is 1. The van der Waals surface area contributed by atoms with E-state index in [0.29, 0.717) is 25.3 Å². The normalized spacial score (nSPS) is 24.0. The maximum absolute atomic E-state index is 12.2. The highest BCUT2D eigenvalue weighted by molar-refractivity contribution is 5.78. The van der Waals surface area contributed by atoms with Gasteiger partial charge in [0.1, 0.15) is 0 Å². The van der Waals surface area contributed by atoms with Gasteiger partial charge in [-0.25, -0.2) is 0 Å². The molecule has 2 heterocycles. The molecule has 1 aliphatic heterocycles. The Labute approximate surface area is 107 Å². The molecule has 2 N–H and O–H groups in total. The molecule has 1 fully saturated rings. The van der Waals surface area contributed by atoms with Crippen molar-refractivity contribution in [2.45, 2.75) is 32.4 Å². The molecule has 5 heteroatoms. The zero-order valence-electron chi connectivity index (χ0n) is 10.8. The lowest BCUT2D eigenvalue weighted by molar-refractivity contribution is -0.142. The number of hydrogen-bond acceptors (Lipinski definition) is 4. The maximum Gasteiger partial charge on any atom is 0.228 e. The Hall–Kier alpha value is -1.62. The van der Waals surface area contributed by atoms with Crippen molar-refractivity contribution >= 4 is 11.6 Å². The van der Waals surface area contributed by atoms with E-state index in [1.54, 1.807) is 18.3 Å². The molecule has 1 aliphatic rings. The lowest BCUT2D eigenvalue weighted by Gasteiger charge is -2.36. The van der Waals surface area contributed by atoms with Gasteiger partial charge in [0.05, 0.1) is 37.1 Å². The fourth-order valence-corrected chi connectivity index (χ4v) is 2.05. The number of nitrogen functional groups attached to an aromatic ring is 1. The largest absolute Gasteiger partial charge is 0.397 e. The van der Waals surface area contributed by atoms with E-state index in [4.69, 9.17) is 10.5 Å². The standard InChI is InChI=1S/C13H19N3O2/c1-9-8-18-10(2)7-16(9)13(17)5-12-4-3-11(14)6-15-12/h3-4,6,9-10H,5,7-8,14H2,1-2H3. The number of ether oxygens (including phenoxy) is 1. The fourth-order valence-electron chi connectivity index (χ4n) is 2.05. The third-order valence-electron chi connectivity index (χ3n) is 3.11. The molecule has 2 atom stereocenters. The van der Waals surface area contributed by atoms with Gasteiger partial charge in [0, 0.05) is 12.2 Å². The summed E-state index contributed by atoms with van der Waals surface area (Å²) in [5, 5.41) is 0. The Morgan fingerprint density at radius 2 is 2.33 bits per heavy atom. The highest BCUT2D eigenvalue weighted by Gasteiger charge is 2.27. The molecule has 0 spiro atoms. The average Bonchev–Trinajstić information content (AvgIpc) is 2.35. The van der Waals surface area contributed by atoms with E-state index in [9.17, 15) is 4.79 Å². The Balaban J connectivity index is 2.00. The predicted molar refractivity (Wildman–Crippen MR) is 68.9 cm³/mol. The number of anilines is 1. The van der Waals surface area contributed by atoms with Crippen molar-refractivity contribution in [2.75, 3.05) is 18.9 Å². The second kappa shape index (κ2) is 5.35. The van der Waals surface area contributed by atoms with Crippen LogP contribution < -0.4 is 5.73 Å². The summed E-state index contributed by atoms with van der Waals surface area (Å²) in [6.45, 7) is 5.23. The van der Waals surface area contributed by atoms with Crippen LogP contribution in [-0.4, -0.2) is 41.1 Å². The average molecular weight is 249 g/mol. The summed E-state index contributed by atoms with van der Waals surface area (Å²) >= 11 is 0. The van der Waals surface area contributed by atoms with Gasteiger partial charge in [-0.1, -0.05) is 0 Å². The first kappa shape index (κ1) is 12.8. The smallest absolute Gasteiger partial charge is 0.228 e. The summed E-state index contributed by atoms with van der Waals surface area (Å²) in [6, 6.07) is 3.69. The van der Waals surface area contributed by atoms with Gasteiger partial charge in [0.25, 0.3) is 0 Å². The minimum absolute atomic E-state index is 0.0925. The van der Waals surface area contributed by atoms with Crippen LogP contribution in [0.4, 0.5) is 5.69 Å². The van der Waals surface area contributed by atoms with Crippen molar-refractivity contribution < 1.29 is 9.53 Å². The second-order valence-corrected chi connectivity index (χ2v) is 4.80. The van der Waals surface area contributed by atoms with Crippen molar-refractivity contribution in [2.24, 2.45) is 0 Å². The number of nitrogens with zero attached hydrogens (tertiary/aromatic N) is 2. The molecule has 0 aromatic carbocycles. The molecule has 2 unspecified atom stereocenters. The highest BCUT2D eigenvalue weighted by atomic mass is 16.5. The zero-order valence-corrected chi connectivity index (χ0v) is 10.8. The molecule has 1 saturated heterocycles. The number of pyridine rings is 1. The van der Waals surface area contributed by atoms with Gasteiger partial charge in [0.2, 0.25) is 5.91 Å². The molecule has 1 aromatic heterocycles. The molecular formula is C13H19N3O2. The number of nitrogens with two attached hydrogens (primary N) is 1. The molecule has 2 rings (SSSR count). The molecular weight excluding hydrogens is 230 g/mol. The number of morpholine rings is 1. The van der Waals surface area contributed by atoms with Gasteiger partial charge < -0.3 is 15.4 Å². The van der Waals surface area contributed by atoms with E-state index in [2.05, 4.69) is 4.98 Å². The van der Waals surface area contributed by atoms with Crippen molar-refractivity contribution in [1.82, 2.24) is 9.88 Å². The highest BCUT2D eigenvalue weighted by Crippen LogP contribution is 2.13. The van der Waals surface area contributed by atoms with Crippen LogP contribution in [-0.2, 0) is 16.0 Å². The van der Waals surface area contributed by atoms with Crippen molar-refractivity contribution in [1.29, 1.82) is 0 Å². The number of hydrogen-bond donors (Lipinski definition) is 1. The molecule has 18 heavy (non-hydrogen) atoms. The summed E-state index contributed by atoms with van der Waals surface area (Å²) in [4.78, 5) is 18.2. The third kappa shape index (κ3) is 2.98. The summed E-state index contributed by atoms with van der Waals surface area (Å²) in [5.74, 6) is 0.0925. The van der Waals surface area contributed by atoms with Gasteiger partial charge >= 0.3 is 0 Å². The quantitative estimate of drug-likeness (QED) is 0.843. The third-order valence-corrected chi connectivity index (χ3v) is 3.11. The number of rotatable bonds is 2. The van der Waals surface area contributed by atoms with Crippen molar-refractivity contribution in [3.05, 3.63) is 24.0 Å². The van der Waals surface area contributed by atoms with Crippen molar-refractivity contribution in [3.8, 4) is 0 Å². The van der Waals surface area contributed by atoms with Gasteiger partial charge in [-0.05, 0) is 26.0 Å². The minimum Gasteiger partial charge on any atom is -0.397 e. The van der Waals surface area contributed by atoms with Gasteiger partial charge in [-0.2, -0.15) is 0 Å². The van der Waals surface area contributed by atoms with Gasteiger partial charge in [-0.3, -0.25) is 9.78 Å². The Kier molecular flexibility index (Phi) is 3.81. The van der Waals surface area contributed by atoms with Crippen LogP contribution in [0.15, 0.2) is 18.3 Å². The van der Waals surface area contributed by atoms with Crippen LogP contribution in [0.3, 0.4) is 0 Å². The molecule has 5 nitrogen and oxygen atoms in total. The van der Waals surface area contributed by atoms with E-state index in [1.807, 2.05) is 18.7 Å². The zero-order chi connectivity index (χ0) is 13.1. The van der Waals surface area contributed by atoms with Gasteiger partial charge in [0.15, 0.2) is 0 Å². The van der Waals surface area contributed by atoms with Crippen LogP contribution >= 0.6 is 0 Å². The number of aromatic nitrogens is 1. The molecule has 0 bridgehead atoms. The van der Waals surface area contributed by atoms with Crippen LogP contribution in [0.5, 0.6) is 0 Å². The first-order chi connectivity index (χ1) is 8.56. The first-order valence-corrected chi connectivity index (χ1v) is 6.17. The fraction of sp³-hybridized carbons (Fsp3) is 0.538. The molecule has 1 aromatic rings. The molecule has 0 radical (unpaired) electrons. The summed E-state index contributed by atoms with van der Waals surface area (Å²) in [7, 11) is 0. The van der Waals surface area contributed by atoms with E-state index in [0.717, 1.165) is 5.69 Å². The number of carbonyl (C=O) groups excluding carboxylic acids is 1.